The number of halogens is 6. The normalized spacial score (nSPS) is 9.74. The van der Waals surface area contributed by atoms with Crippen LogP contribution in [-0.4, -0.2) is 62.9 Å². The molecule has 0 saturated heterocycles. The van der Waals surface area contributed by atoms with Crippen molar-refractivity contribution in [3.05, 3.63) is 45.9 Å². The Balaban J connectivity index is 0. The van der Waals surface area contributed by atoms with Crippen LogP contribution in [0, 0.1) is 11.3 Å². The first-order valence-corrected chi connectivity index (χ1v) is 10.2. The van der Waals surface area contributed by atoms with E-state index in [-0.39, 0.29) is 18.1 Å². The van der Waals surface area contributed by atoms with Gasteiger partial charge in [0.25, 0.3) is 0 Å². The first-order chi connectivity index (χ1) is 15.4. The number of ether oxygens (including phenoxy) is 1. The summed E-state index contributed by atoms with van der Waals surface area (Å²) >= 11 is 18.0. The molecule has 0 saturated carbocycles. The van der Waals surface area contributed by atoms with Crippen molar-refractivity contribution in [3.8, 4) is 11.8 Å². The molecule has 0 fully saturated rings. The zero-order valence-corrected chi connectivity index (χ0v) is 20.2. The maximum Gasteiger partial charge on any atom is 0.490 e. The minimum absolute atomic E-state index is 0. The molecule has 15 heteroatoms. The highest BCUT2D eigenvalue weighted by molar-refractivity contribution is 6.40. The lowest BCUT2D eigenvalue weighted by Gasteiger charge is -2.22. The first-order valence-electron chi connectivity index (χ1n) is 9.04. The number of hydrogen-bond donors (Lipinski definition) is 1. The molecule has 0 unspecified atom stereocenters. The topological polar surface area (TPSA) is 140 Å². The van der Waals surface area contributed by atoms with E-state index < -0.39 is 12.1 Å². The molecule has 2 rings (SSSR count). The Kier molecular flexibility index (Phi) is 16.6. The van der Waals surface area contributed by atoms with E-state index in [4.69, 9.17) is 54.7 Å². The second-order valence-corrected chi connectivity index (χ2v) is 7.06. The fraction of sp³-hybridized carbons (Fsp3) is 0.368. The number of amides is 1. The summed E-state index contributed by atoms with van der Waals surface area (Å²) in [5.41, 5.74) is 0. The van der Waals surface area contributed by atoms with Gasteiger partial charge in [-0.05, 0) is 18.6 Å². The summed E-state index contributed by atoms with van der Waals surface area (Å²) in [6.07, 6.45) is 0.395. The smallest absolute Gasteiger partial charge is 0.489 e. The predicted molar refractivity (Wildman–Crippen MR) is 120 cm³/mol. The van der Waals surface area contributed by atoms with Crippen LogP contribution in [-0.2, 0) is 4.79 Å². The number of aromatic nitrogens is 2. The molecule has 34 heavy (non-hydrogen) atoms. The Morgan fingerprint density at radius 2 is 1.74 bits per heavy atom. The van der Waals surface area contributed by atoms with Crippen LogP contribution in [0.3, 0.4) is 0 Å². The number of benzene rings is 1. The van der Waals surface area contributed by atoms with Crippen LogP contribution >= 0.6 is 34.8 Å². The second-order valence-electron chi connectivity index (χ2n) is 5.81. The number of hydrogen-bond acceptors (Lipinski definition) is 5. The summed E-state index contributed by atoms with van der Waals surface area (Å²) in [5.74, 6) is -2.39. The zero-order valence-electron chi connectivity index (χ0n) is 17.9. The third-order valence-corrected chi connectivity index (χ3v) is 4.08. The fourth-order valence-electron chi connectivity index (χ4n) is 2.03. The van der Waals surface area contributed by atoms with Crippen molar-refractivity contribution in [2.24, 2.45) is 0 Å². The van der Waals surface area contributed by atoms with Crippen molar-refractivity contribution in [2.45, 2.75) is 26.4 Å². The van der Waals surface area contributed by atoms with E-state index in [0.29, 0.717) is 33.9 Å². The van der Waals surface area contributed by atoms with Gasteiger partial charge >= 0.3 is 18.2 Å². The molecule has 1 amide bonds. The molecule has 190 valence electrons. The maximum absolute atomic E-state index is 12.3. The van der Waals surface area contributed by atoms with E-state index in [1.165, 1.54) is 17.8 Å². The summed E-state index contributed by atoms with van der Waals surface area (Å²) in [5, 5.41) is 15.6. The molecule has 0 spiro atoms. The molecule has 1 aromatic heterocycles. The average molecular weight is 550 g/mol. The van der Waals surface area contributed by atoms with Gasteiger partial charge < -0.3 is 20.2 Å². The van der Waals surface area contributed by atoms with Crippen molar-refractivity contribution in [2.75, 3.05) is 19.7 Å². The van der Waals surface area contributed by atoms with Gasteiger partial charge in [-0.25, -0.2) is 14.6 Å². The number of nitrogens with zero attached hydrogens (tertiary/aromatic N) is 4. The van der Waals surface area contributed by atoms with Crippen LogP contribution in [0.4, 0.5) is 18.0 Å². The molecule has 0 aliphatic rings. The summed E-state index contributed by atoms with van der Waals surface area (Å²) in [4.78, 5) is 26.8. The lowest BCUT2D eigenvalue weighted by molar-refractivity contribution is -0.192. The van der Waals surface area contributed by atoms with Crippen LogP contribution in [0.15, 0.2) is 30.9 Å². The van der Waals surface area contributed by atoms with E-state index in [1.807, 2.05) is 6.92 Å². The number of carboxylic acid groups (broad SMARTS) is 1. The lowest BCUT2D eigenvalue weighted by Crippen LogP contribution is -2.37. The summed E-state index contributed by atoms with van der Waals surface area (Å²) < 4.78 is 38.8. The van der Waals surface area contributed by atoms with Gasteiger partial charge in [0.15, 0.2) is 5.75 Å². The van der Waals surface area contributed by atoms with Gasteiger partial charge in [0.1, 0.15) is 12.9 Å². The van der Waals surface area contributed by atoms with Gasteiger partial charge in [-0.15, -0.1) is 0 Å². The number of alkyl halides is 3. The molecule has 3 N–H and O–H groups in total. The lowest BCUT2D eigenvalue weighted by atomic mass is 10.3. The average Bonchev–Trinajstić information content (AvgIpc) is 3.23. The minimum Gasteiger partial charge on any atom is -0.489 e. The Bertz CT molecular complexity index is 915. The van der Waals surface area contributed by atoms with Crippen LogP contribution in [0.1, 0.15) is 20.3 Å². The number of rotatable bonds is 6. The molecular weight excluding hydrogens is 528 g/mol. The number of carbonyl (C=O) groups is 2. The van der Waals surface area contributed by atoms with Crippen molar-refractivity contribution in [3.63, 3.8) is 0 Å². The number of carbonyl (C=O) groups excluding carboxylic acids is 1. The van der Waals surface area contributed by atoms with Gasteiger partial charge in [-0.1, -0.05) is 41.7 Å². The highest BCUT2D eigenvalue weighted by Gasteiger charge is 2.38. The molecule has 9 nitrogen and oxygen atoms in total. The minimum atomic E-state index is -5.08. The Labute approximate surface area is 208 Å². The SMILES string of the molecule is CC#N.CCCN(CCOc1c(Cl)cc(Cl)cc1Cl)C(=O)n1ccnc1.O.O=C(O)C(F)(F)F. The van der Waals surface area contributed by atoms with Crippen LogP contribution < -0.4 is 4.74 Å². The predicted octanol–water partition coefficient (Wildman–Crippen LogP) is 4.94. The molecule has 2 aromatic rings. The maximum atomic E-state index is 12.3. The molecule has 0 radical (unpaired) electrons. The largest absolute Gasteiger partial charge is 0.490 e. The number of carboxylic acids is 1. The second kappa shape index (κ2) is 16.8. The van der Waals surface area contributed by atoms with Crippen LogP contribution in [0.2, 0.25) is 15.1 Å². The quantitative estimate of drug-likeness (QED) is 0.541. The first kappa shape index (κ1) is 33.5. The van der Waals surface area contributed by atoms with Crippen LogP contribution in [0.25, 0.3) is 0 Å². The number of nitriles is 1. The molecule has 0 atom stereocenters. The molecule has 0 aliphatic heterocycles. The van der Waals surface area contributed by atoms with Crippen molar-refractivity contribution in [1.82, 2.24) is 14.5 Å². The van der Waals surface area contributed by atoms with E-state index in [2.05, 4.69) is 4.98 Å². The van der Waals surface area contributed by atoms with E-state index in [0.717, 1.165) is 6.42 Å². The summed E-state index contributed by atoms with van der Waals surface area (Å²) in [6, 6.07) is 4.72. The van der Waals surface area contributed by atoms with Gasteiger partial charge in [-0.3, -0.25) is 4.57 Å². The van der Waals surface area contributed by atoms with Gasteiger partial charge in [0, 0.05) is 30.9 Å². The number of imidazole rings is 1. The molecule has 0 bridgehead atoms. The standard InChI is InChI=1S/C15H16Cl3N3O2.C2HF3O2.C2H3N.H2O/c1-2-4-20(15(22)21-5-3-19-10-21)6-7-23-14-12(17)8-11(16)9-13(14)18;3-2(4,5)1(6)7;1-2-3;/h3,5,8-10H,2,4,6-7H2,1H3;(H,6,7);1H3;1H2. The van der Waals surface area contributed by atoms with Crippen molar-refractivity contribution >= 4 is 46.8 Å². The van der Waals surface area contributed by atoms with Gasteiger partial charge in [-0.2, -0.15) is 18.4 Å². The molecule has 1 aromatic carbocycles. The van der Waals surface area contributed by atoms with Crippen molar-refractivity contribution < 1.29 is 38.1 Å². The molecule has 0 aliphatic carbocycles. The van der Waals surface area contributed by atoms with Gasteiger partial charge in [0.05, 0.1) is 22.7 Å². The summed E-state index contributed by atoms with van der Waals surface area (Å²) in [7, 11) is 0. The fourth-order valence-corrected chi connectivity index (χ4v) is 2.96. The third kappa shape index (κ3) is 12.5. The number of aliphatic carboxylic acids is 1. The van der Waals surface area contributed by atoms with E-state index in [9.17, 15) is 18.0 Å². The summed E-state index contributed by atoms with van der Waals surface area (Å²) in [6.45, 7) is 4.71. The van der Waals surface area contributed by atoms with Gasteiger partial charge in [0.2, 0.25) is 0 Å². The monoisotopic (exact) mass is 548 g/mol. The zero-order chi connectivity index (χ0) is 25.6. The molecular formula is C19H22Cl3F3N4O5. The highest BCUT2D eigenvalue weighted by atomic mass is 35.5. The van der Waals surface area contributed by atoms with Crippen molar-refractivity contribution in [1.29, 1.82) is 5.26 Å². The molecule has 1 heterocycles. The van der Waals surface area contributed by atoms with E-state index in [1.54, 1.807) is 35.5 Å². The van der Waals surface area contributed by atoms with Crippen LogP contribution in [0.5, 0.6) is 5.75 Å². The Hall–Kier alpha value is -2.72. The Morgan fingerprint density at radius 1 is 1.24 bits per heavy atom. The Morgan fingerprint density at radius 3 is 2.12 bits per heavy atom. The van der Waals surface area contributed by atoms with E-state index >= 15 is 0 Å². The third-order valence-electron chi connectivity index (χ3n) is 3.30. The highest BCUT2D eigenvalue weighted by Crippen LogP contribution is 2.35.